The van der Waals surface area contributed by atoms with Crippen molar-refractivity contribution in [3.05, 3.63) is 41.7 Å². The molecule has 100 valence electrons. The van der Waals surface area contributed by atoms with Gasteiger partial charge in [0.2, 0.25) is 0 Å². The van der Waals surface area contributed by atoms with Crippen molar-refractivity contribution in [3.8, 4) is 17.1 Å². The molecule has 0 saturated heterocycles. The Kier molecular flexibility index (Phi) is 4.47. The minimum Gasteiger partial charge on any atom is -0.496 e. The maximum Gasteiger partial charge on any atom is 0.159 e. The maximum atomic E-state index is 5.26. The molecule has 2 rings (SSSR count). The van der Waals surface area contributed by atoms with E-state index in [2.05, 4.69) is 22.2 Å². The van der Waals surface area contributed by atoms with Crippen LogP contribution in [0.5, 0.6) is 5.75 Å². The number of hydrogen-bond donors (Lipinski definition) is 1. The van der Waals surface area contributed by atoms with Gasteiger partial charge in [0.05, 0.1) is 12.8 Å². The fourth-order valence-electron chi connectivity index (χ4n) is 1.90. The zero-order valence-corrected chi connectivity index (χ0v) is 11.6. The van der Waals surface area contributed by atoms with E-state index in [1.807, 2.05) is 31.2 Å². The van der Waals surface area contributed by atoms with Crippen molar-refractivity contribution in [2.75, 3.05) is 13.7 Å². The van der Waals surface area contributed by atoms with Gasteiger partial charge in [-0.15, -0.1) is 0 Å². The summed E-state index contributed by atoms with van der Waals surface area (Å²) in [4.78, 5) is 8.90. The summed E-state index contributed by atoms with van der Waals surface area (Å²) in [6, 6.07) is 7.91. The summed E-state index contributed by atoms with van der Waals surface area (Å²) < 4.78 is 5.26. The molecule has 4 heteroatoms. The standard InChI is InChI=1S/C15H19N3O/c1-4-16-10-13-7-8-17-15(18-13)12-5-6-14(19-3)11(2)9-12/h5-9,16H,4,10H2,1-3H3. The van der Waals surface area contributed by atoms with Gasteiger partial charge in [-0.3, -0.25) is 0 Å². The van der Waals surface area contributed by atoms with Crippen molar-refractivity contribution < 1.29 is 4.74 Å². The molecule has 0 radical (unpaired) electrons. The van der Waals surface area contributed by atoms with E-state index in [-0.39, 0.29) is 0 Å². The van der Waals surface area contributed by atoms with E-state index in [9.17, 15) is 0 Å². The highest BCUT2D eigenvalue weighted by Crippen LogP contribution is 2.23. The predicted molar refractivity (Wildman–Crippen MR) is 76.1 cm³/mol. The third-order valence-electron chi connectivity index (χ3n) is 2.92. The van der Waals surface area contributed by atoms with E-state index in [1.165, 1.54) is 0 Å². The molecule has 0 fully saturated rings. The number of aryl methyl sites for hydroxylation is 1. The lowest BCUT2D eigenvalue weighted by molar-refractivity contribution is 0.412. The molecule has 0 atom stereocenters. The summed E-state index contributed by atoms with van der Waals surface area (Å²) in [5.74, 6) is 1.63. The lowest BCUT2D eigenvalue weighted by Gasteiger charge is -2.08. The van der Waals surface area contributed by atoms with Crippen LogP contribution in [0.1, 0.15) is 18.2 Å². The largest absolute Gasteiger partial charge is 0.496 e. The van der Waals surface area contributed by atoms with Crippen LogP contribution in [-0.4, -0.2) is 23.6 Å². The van der Waals surface area contributed by atoms with Gasteiger partial charge in [-0.2, -0.15) is 0 Å². The van der Waals surface area contributed by atoms with Gasteiger partial charge in [0, 0.05) is 18.3 Å². The fraction of sp³-hybridized carbons (Fsp3) is 0.333. The molecule has 0 unspecified atom stereocenters. The number of nitrogens with one attached hydrogen (secondary N) is 1. The van der Waals surface area contributed by atoms with Gasteiger partial charge in [0.25, 0.3) is 0 Å². The van der Waals surface area contributed by atoms with Crippen LogP contribution in [0, 0.1) is 6.92 Å². The zero-order chi connectivity index (χ0) is 13.7. The molecular weight excluding hydrogens is 238 g/mol. The number of hydrogen-bond acceptors (Lipinski definition) is 4. The average molecular weight is 257 g/mol. The highest BCUT2D eigenvalue weighted by molar-refractivity contribution is 5.58. The minimum atomic E-state index is 0.751. The normalized spacial score (nSPS) is 10.5. The Morgan fingerprint density at radius 2 is 2.11 bits per heavy atom. The second kappa shape index (κ2) is 6.29. The van der Waals surface area contributed by atoms with Crippen LogP contribution < -0.4 is 10.1 Å². The molecule has 0 bridgehead atoms. The molecule has 1 aromatic carbocycles. The fourth-order valence-corrected chi connectivity index (χ4v) is 1.90. The molecular formula is C15H19N3O. The van der Waals surface area contributed by atoms with Crippen LogP contribution in [0.2, 0.25) is 0 Å². The smallest absolute Gasteiger partial charge is 0.159 e. The lowest BCUT2D eigenvalue weighted by Crippen LogP contribution is -2.13. The van der Waals surface area contributed by atoms with Gasteiger partial charge in [0.15, 0.2) is 5.82 Å². The Morgan fingerprint density at radius 1 is 1.26 bits per heavy atom. The molecule has 0 amide bonds. The molecule has 19 heavy (non-hydrogen) atoms. The van der Waals surface area contributed by atoms with E-state index in [0.29, 0.717) is 0 Å². The van der Waals surface area contributed by atoms with Crippen molar-refractivity contribution >= 4 is 0 Å². The summed E-state index contributed by atoms with van der Waals surface area (Å²) in [6.07, 6.45) is 1.80. The first-order chi connectivity index (χ1) is 9.24. The highest BCUT2D eigenvalue weighted by Gasteiger charge is 2.05. The molecule has 1 heterocycles. The predicted octanol–water partition coefficient (Wildman–Crippen LogP) is 2.57. The van der Waals surface area contributed by atoms with E-state index >= 15 is 0 Å². The van der Waals surface area contributed by atoms with E-state index in [0.717, 1.165) is 41.5 Å². The van der Waals surface area contributed by atoms with Crippen LogP contribution in [0.15, 0.2) is 30.5 Å². The topological polar surface area (TPSA) is 47.0 Å². The number of rotatable bonds is 5. The van der Waals surface area contributed by atoms with Crippen molar-refractivity contribution in [2.24, 2.45) is 0 Å². The molecule has 4 nitrogen and oxygen atoms in total. The van der Waals surface area contributed by atoms with Crippen LogP contribution in [0.4, 0.5) is 0 Å². The summed E-state index contributed by atoms with van der Waals surface area (Å²) in [7, 11) is 1.68. The SMILES string of the molecule is CCNCc1ccnc(-c2ccc(OC)c(C)c2)n1. The monoisotopic (exact) mass is 257 g/mol. The Hall–Kier alpha value is -1.94. The molecule has 0 aliphatic heterocycles. The summed E-state index contributed by atoms with van der Waals surface area (Å²) >= 11 is 0. The van der Waals surface area contributed by atoms with Gasteiger partial charge in [0.1, 0.15) is 5.75 Å². The second-order valence-electron chi connectivity index (χ2n) is 4.34. The number of aromatic nitrogens is 2. The molecule has 0 aliphatic carbocycles. The Bertz CT molecular complexity index is 555. The first kappa shape index (κ1) is 13.5. The number of nitrogens with zero attached hydrogens (tertiary/aromatic N) is 2. The van der Waals surface area contributed by atoms with Crippen LogP contribution in [0.25, 0.3) is 11.4 Å². The van der Waals surface area contributed by atoms with Crippen molar-refractivity contribution in [1.29, 1.82) is 0 Å². The highest BCUT2D eigenvalue weighted by atomic mass is 16.5. The summed E-state index contributed by atoms with van der Waals surface area (Å²) in [5.41, 5.74) is 3.10. The average Bonchev–Trinajstić information content (AvgIpc) is 2.45. The van der Waals surface area contributed by atoms with Crippen molar-refractivity contribution in [1.82, 2.24) is 15.3 Å². The molecule has 1 aromatic heterocycles. The molecule has 0 saturated carbocycles. The second-order valence-corrected chi connectivity index (χ2v) is 4.34. The van der Waals surface area contributed by atoms with Crippen LogP contribution in [0.3, 0.4) is 0 Å². The molecule has 1 N–H and O–H groups in total. The first-order valence-electron chi connectivity index (χ1n) is 6.42. The number of methoxy groups -OCH3 is 1. The minimum absolute atomic E-state index is 0.751. The van der Waals surface area contributed by atoms with Gasteiger partial charge >= 0.3 is 0 Å². The maximum absolute atomic E-state index is 5.26. The van der Waals surface area contributed by atoms with Crippen LogP contribution in [-0.2, 0) is 6.54 Å². The molecule has 2 aromatic rings. The number of ether oxygens (including phenoxy) is 1. The lowest BCUT2D eigenvalue weighted by atomic mass is 10.1. The molecule has 0 aliphatic rings. The van der Waals surface area contributed by atoms with Gasteiger partial charge in [-0.1, -0.05) is 6.92 Å². The Labute approximate surface area is 113 Å². The van der Waals surface area contributed by atoms with Gasteiger partial charge < -0.3 is 10.1 Å². The summed E-state index contributed by atoms with van der Waals surface area (Å²) in [5, 5.41) is 3.26. The van der Waals surface area contributed by atoms with Crippen molar-refractivity contribution in [3.63, 3.8) is 0 Å². The van der Waals surface area contributed by atoms with E-state index < -0.39 is 0 Å². The Morgan fingerprint density at radius 3 is 2.79 bits per heavy atom. The van der Waals surface area contributed by atoms with Crippen molar-refractivity contribution in [2.45, 2.75) is 20.4 Å². The quantitative estimate of drug-likeness (QED) is 0.894. The van der Waals surface area contributed by atoms with Gasteiger partial charge in [-0.25, -0.2) is 9.97 Å². The van der Waals surface area contributed by atoms with Crippen LogP contribution >= 0.6 is 0 Å². The third-order valence-corrected chi connectivity index (χ3v) is 2.92. The van der Waals surface area contributed by atoms with Gasteiger partial charge in [-0.05, 0) is 43.3 Å². The first-order valence-corrected chi connectivity index (χ1v) is 6.42. The third kappa shape index (κ3) is 3.29. The van der Waals surface area contributed by atoms with E-state index in [1.54, 1.807) is 13.3 Å². The Balaban J connectivity index is 2.28. The summed E-state index contributed by atoms with van der Waals surface area (Å²) in [6.45, 7) is 5.79. The number of benzene rings is 1. The molecule has 0 spiro atoms. The van der Waals surface area contributed by atoms with E-state index in [4.69, 9.17) is 4.74 Å². The zero-order valence-electron chi connectivity index (χ0n) is 11.6.